The maximum Gasteiger partial charge on any atom is 0.123 e. The SMILES string of the molecule is CC[C@H](CNCC(O)c1ccc(N)nc1)OC. The fourth-order valence-corrected chi connectivity index (χ4v) is 1.51. The third kappa shape index (κ3) is 4.68. The second-order valence-corrected chi connectivity index (χ2v) is 3.96. The monoisotopic (exact) mass is 239 g/mol. The Morgan fingerprint density at radius 3 is 2.76 bits per heavy atom. The van der Waals surface area contributed by atoms with Crippen LogP contribution in [0.25, 0.3) is 0 Å². The third-order valence-electron chi connectivity index (χ3n) is 2.69. The predicted molar refractivity (Wildman–Crippen MR) is 67.6 cm³/mol. The number of aliphatic hydroxyl groups excluding tert-OH is 1. The zero-order chi connectivity index (χ0) is 12.7. The molecule has 0 aromatic carbocycles. The van der Waals surface area contributed by atoms with Crippen molar-refractivity contribution in [2.24, 2.45) is 0 Å². The Kier molecular flexibility index (Phi) is 5.90. The molecule has 0 aliphatic heterocycles. The van der Waals surface area contributed by atoms with Crippen molar-refractivity contribution in [1.82, 2.24) is 10.3 Å². The van der Waals surface area contributed by atoms with E-state index in [1.807, 2.05) is 0 Å². The first-order valence-corrected chi connectivity index (χ1v) is 5.80. The highest BCUT2D eigenvalue weighted by Crippen LogP contribution is 2.11. The topological polar surface area (TPSA) is 80.4 Å². The van der Waals surface area contributed by atoms with Gasteiger partial charge in [0, 0.05) is 32.0 Å². The average molecular weight is 239 g/mol. The Morgan fingerprint density at radius 1 is 1.47 bits per heavy atom. The number of anilines is 1. The van der Waals surface area contributed by atoms with Crippen LogP contribution in [-0.4, -0.2) is 36.4 Å². The smallest absolute Gasteiger partial charge is 0.123 e. The molecular weight excluding hydrogens is 218 g/mol. The van der Waals surface area contributed by atoms with Gasteiger partial charge in [-0.05, 0) is 12.5 Å². The molecule has 2 atom stereocenters. The lowest BCUT2D eigenvalue weighted by atomic mass is 10.1. The van der Waals surface area contributed by atoms with Crippen LogP contribution < -0.4 is 11.1 Å². The summed E-state index contributed by atoms with van der Waals surface area (Å²) in [5.74, 6) is 0.458. The summed E-state index contributed by atoms with van der Waals surface area (Å²) in [5, 5.41) is 13.1. The molecule has 5 nitrogen and oxygen atoms in total. The predicted octanol–water partition coefficient (Wildman–Crippen LogP) is 0.712. The lowest BCUT2D eigenvalue weighted by Crippen LogP contribution is -2.31. The molecule has 0 fully saturated rings. The Labute approximate surface area is 102 Å². The van der Waals surface area contributed by atoms with Gasteiger partial charge in [-0.15, -0.1) is 0 Å². The van der Waals surface area contributed by atoms with Crippen LogP contribution >= 0.6 is 0 Å². The molecule has 0 aliphatic carbocycles. The summed E-state index contributed by atoms with van der Waals surface area (Å²) in [4.78, 5) is 3.94. The molecule has 0 bridgehead atoms. The highest BCUT2D eigenvalue weighted by atomic mass is 16.5. The van der Waals surface area contributed by atoms with Crippen LogP contribution in [0, 0.1) is 0 Å². The molecule has 1 unspecified atom stereocenters. The first-order chi connectivity index (χ1) is 8.17. The standard InChI is InChI=1S/C12H21N3O2/c1-3-10(17-2)7-14-8-11(16)9-4-5-12(13)15-6-9/h4-6,10-11,14,16H,3,7-8H2,1-2H3,(H2,13,15)/t10-,11?/m1/s1. The van der Waals surface area contributed by atoms with E-state index in [9.17, 15) is 5.11 Å². The molecular formula is C12H21N3O2. The normalized spacial score (nSPS) is 14.5. The number of hydrogen-bond acceptors (Lipinski definition) is 5. The van der Waals surface area contributed by atoms with Gasteiger partial charge in [-0.3, -0.25) is 0 Å². The molecule has 17 heavy (non-hydrogen) atoms. The molecule has 1 aromatic rings. The van der Waals surface area contributed by atoms with Gasteiger partial charge < -0.3 is 20.9 Å². The second kappa shape index (κ2) is 7.21. The summed E-state index contributed by atoms with van der Waals surface area (Å²) in [7, 11) is 1.69. The molecule has 0 amide bonds. The van der Waals surface area contributed by atoms with Gasteiger partial charge in [-0.2, -0.15) is 0 Å². The van der Waals surface area contributed by atoms with Crippen molar-refractivity contribution in [1.29, 1.82) is 0 Å². The lowest BCUT2D eigenvalue weighted by molar-refractivity contribution is 0.0926. The van der Waals surface area contributed by atoms with E-state index in [1.54, 1.807) is 25.4 Å². The van der Waals surface area contributed by atoms with Crippen LogP contribution in [0.2, 0.25) is 0 Å². The summed E-state index contributed by atoms with van der Waals surface area (Å²) in [5.41, 5.74) is 6.24. The summed E-state index contributed by atoms with van der Waals surface area (Å²) in [6.07, 6.45) is 2.16. The molecule has 0 saturated carbocycles. The van der Waals surface area contributed by atoms with E-state index in [1.165, 1.54) is 0 Å². The summed E-state index contributed by atoms with van der Waals surface area (Å²) in [6.45, 7) is 3.27. The van der Waals surface area contributed by atoms with Gasteiger partial charge in [-0.25, -0.2) is 4.98 Å². The Morgan fingerprint density at radius 2 is 2.24 bits per heavy atom. The molecule has 0 aliphatic rings. The number of nitrogen functional groups attached to an aromatic ring is 1. The molecule has 96 valence electrons. The highest BCUT2D eigenvalue weighted by molar-refractivity contribution is 5.30. The minimum atomic E-state index is -0.572. The molecule has 0 spiro atoms. The maximum absolute atomic E-state index is 9.89. The van der Waals surface area contributed by atoms with Gasteiger partial charge in [0.25, 0.3) is 0 Å². The molecule has 0 radical (unpaired) electrons. The number of aliphatic hydroxyl groups is 1. The minimum Gasteiger partial charge on any atom is -0.387 e. The molecule has 1 aromatic heterocycles. The maximum atomic E-state index is 9.89. The van der Waals surface area contributed by atoms with Crippen molar-refractivity contribution < 1.29 is 9.84 Å². The number of ether oxygens (including phenoxy) is 1. The Hall–Kier alpha value is -1.17. The largest absolute Gasteiger partial charge is 0.387 e. The van der Waals surface area contributed by atoms with Gasteiger partial charge >= 0.3 is 0 Å². The van der Waals surface area contributed by atoms with E-state index in [0.717, 1.165) is 18.5 Å². The number of nitrogens with two attached hydrogens (primary N) is 1. The Balaban J connectivity index is 2.34. The van der Waals surface area contributed by atoms with E-state index in [0.29, 0.717) is 12.4 Å². The third-order valence-corrected chi connectivity index (χ3v) is 2.69. The average Bonchev–Trinajstić information content (AvgIpc) is 2.35. The van der Waals surface area contributed by atoms with E-state index < -0.39 is 6.10 Å². The van der Waals surface area contributed by atoms with Gasteiger partial charge in [0.05, 0.1) is 12.2 Å². The van der Waals surface area contributed by atoms with Crippen molar-refractivity contribution in [3.05, 3.63) is 23.9 Å². The van der Waals surface area contributed by atoms with Crippen molar-refractivity contribution in [3.8, 4) is 0 Å². The highest BCUT2D eigenvalue weighted by Gasteiger charge is 2.09. The number of nitrogens with zero attached hydrogens (tertiary/aromatic N) is 1. The van der Waals surface area contributed by atoms with Gasteiger partial charge in [0.2, 0.25) is 0 Å². The van der Waals surface area contributed by atoms with Crippen LogP contribution in [0.4, 0.5) is 5.82 Å². The number of methoxy groups -OCH3 is 1. The second-order valence-electron chi connectivity index (χ2n) is 3.96. The molecule has 1 heterocycles. The summed E-state index contributed by atoms with van der Waals surface area (Å²) in [6, 6.07) is 3.46. The minimum absolute atomic E-state index is 0.187. The van der Waals surface area contributed by atoms with Crippen LogP contribution in [0.5, 0.6) is 0 Å². The fourth-order valence-electron chi connectivity index (χ4n) is 1.51. The van der Waals surface area contributed by atoms with Crippen LogP contribution in [0.15, 0.2) is 18.3 Å². The van der Waals surface area contributed by atoms with Crippen molar-refractivity contribution in [3.63, 3.8) is 0 Å². The molecule has 4 N–H and O–H groups in total. The zero-order valence-corrected chi connectivity index (χ0v) is 10.4. The lowest BCUT2D eigenvalue weighted by Gasteiger charge is -2.16. The van der Waals surface area contributed by atoms with E-state index >= 15 is 0 Å². The van der Waals surface area contributed by atoms with E-state index in [4.69, 9.17) is 10.5 Å². The van der Waals surface area contributed by atoms with E-state index in [-0.39, 0.29) is 6.10 Å². The molecule has 1 rings (SSSR count). The van der Waals surface area contributed by atoms with Crippen molar-refractivity contribution in [2.75, 3.05) is 25.9 Å². The van der Waals surface area contributed by atoms with Crippen LogP contribution in [0.1, 0.15) is 25.0 Å². The van der Waals surface area contributed by atoms with Gasteiger partial charge in [0.15, 0.2) is 0 Å². The summed E-state index contributed by atoms with van der Waals surface area (Å²) >= 11 is 0. The molecule has 5 heteroatoms. The number of hydrogen-bond donors (Lipinski definition) is 3. The number of nitrogens with one attached hydrogen (secondary N) is 1. The zero-order valence-electron chi connectivity index (χ0n) is 10.4. The fraction of sp³-hybridized carbons (Fsp3) is 0.583. The quantitative estimate of drug-likeness (QED) is 0.653. The van der Waals surface area contributed by atoms with E-state index in [2.05, 4.69) is 17.2 Å². The number of aromatic nitrogens is 1. The molecule has 0 saturated heterocycles. The number of rotatable bonds is 7. The number of pyridine rings is 1. The first kappa shape index (κ1) is 13.9. The van der Waals surface area contributed by atoms with Gasteiger partial charge in [0.1, 0.15) is 5.82 Å². The van der Waals surface area contributed by atoms with Crippen LogP contribution in [0.3, 0.4) is 0 Å². The summed E-state index contributed by atoms with van der Waals surface area (Å²) < 4.78 is 5.23. The Bertz CT molecular complexity index is 312. The first-order valence-electron chi connectivity index (χ1n) is 5.80. The van der Waals surface area contributed by atoms with Crippen molar-refractivity contribution in [2.45, 2.75) is 25.6 Å². The van der Waals surface area contributed by atoms with Crippen molar-refractivity contribution >= 4 is 5.82 Å². The van der Waals surface area contributed by atoms with Gasteiger partial charge in [-0.1, -0.05) is 13.0 Å². The van der Waals surface area contributed by atoms with Crippen LogP contribution in [-0.2, 0) is 4.74 Å².